The Hall–Kier alpha value is -3.73. The van der Waals surface area contributed by atoms with Gasteiger partial charge in [-0.05, 0) is 12.1 Å². The number of aromatic nitrogens is 1. The van der Waals surface area contributed by atoms with Gasteiger partial charge in [0.1, 0.15) is 5.69 Å². The van der Waals surface area contributed by atoms with E-state index < -0.39 is 23.1 Å². The minimum absolute atomic E-state index is 0.0579. The van der Waals surface area contributed by atoms with E-state index in [1.54, 1.807) is 48.5 Å². The molecule has 0 saturated heterocycles. The molecular weight excluding hydrogens is 330 g/mol. The van der Waals surface area contributed by atoms with Crippen LogP contribution in [0.5, 0.6) is 0 Å². The lowest BCUT2D eigenvalue weighted by molar-refractivity contribution is 0.0812. The summed E-state index contributed by atoms with van der Waals surface area (Å²) in [5.74, 6) is -2.84. The number of carbonyl (C=O) groups is 4. The summed E-state index contributed by atoms with van der Waals surface area (Å²) in [7, 11) is 0. The molecule has 5 nitrogen and oxygen atoms in total. The highest BCUT2D eigenvalue weighted by molar-refractivity contribution is 6.50. The second-order valence-corrected chi connectivity index (χ2v) is 5.48. The standard InChI is InChI=1S/C21H13NO4/c23-18(14-7-3-1-4-8-14)20(25)16-11-12-17(22-13-16)21(26)19(24)15-9-5-2-6-10-15/h1-13H. The number of hydrogen-bond acceptors (Lipinski definition) is 5. The zero-order valence-electron chi connectivity index (χ0n) is 13.6. The largest absolute Gasteiger partial charge is 0.285 e. The van der Waals surface area contributed by atoms with E-state index in [0.29, 0.717) is 0 Å². The molecule has 0 spiro atoms. The van der Waals surface area contributed by atoms with Gasteiger partial charge in [0.2, 0.25) is 17.3 Å². The average Bonchev–Trinajstić information content (AvgIpc) is 2.73. The van der Waals surface area contributed by atoms with Crippen LogP contribution in [0.1, 0.15) is 41.6 Å². The number of pyridine rings is 1. The highest BCUT2D eigenvalue weighted by Crippen LogP contribution is 2.10. The molecule has 3 rings (SSSR count). The Balaban J connectivity index is 1.78. The van der Waals surface area contributed by atoms with Crippen molar-refractivity contribution in [1.82, 2.24) is 4.98 Å². The van der Waals surface area contributed by atoms with Gasteiger partial charge in [-0.2, -0.15) is 0 Å². The van der Waals surface area contributed by atoms with Crippen LogP contribution in [0.4, 0.5) is 0 Å². The number of ketones is 4. The second kappa shape index (κ2) is 7.44. The monoisotopic (exact) mass is 343 g/mol. The highest BCUT2D eigenvalue weighted by Gasteiger charge is 2.22. The Labute approximate surface area is 149 Å². The summed E-state index contributed by atoms with van der Waals surface area (Å²) in [4.78, 5) is 52.6. The van der Waals surface area contributed by atoms with Gasteiger partial charge < -0.3 is 0 Å². The van der Waals surface area contributed by atoms with Crippen molar-refractivity contribution in [2.75, 3.05) is 0 Å². The molecular formula is C21H13NO4. The van der Waals surface area contributed by atoms with Gasteiger partial charge in [0, 0.05) is 22.9 Å². The first-order valence-corrected chi connectivity index (χ1v) is 7.82. The molecule has 1 heterocycles. The van der Waals surface area contributed by atoms with Crippen LogP contribution < -0.4 is 0 Å². The lowest BCUT2D eigenvalue weighted by atomic mass is 10.0. The first-order chi connectivity index (χ1) is 12.6. The molecule has 0 bridgehead atoms. The predicted molar refractivity (Wildman–Crippen MR) is 94.4 cm³/mol. The van der Waals surface area contributed by atoms with Gasteiger partial charge in [-0.3, -0.25) is 24.2 Å². The van der Waals surface area contributed by atoms with Crippen molar-refractivity contribution >= 4 is 23.1 Å². The van der Waals surface area contributed by atoms with Crippen molar-refractivity contribution < 1.29 is 19.2 Å². The van der Waals surface area contributed by atoms with Crippen molar-refractivity contribution in [1.29, 1.82) is 0 Å². The van der Waals surface area contributed by atoms with Crippen LogP contribution in [0.3, 0.4) is 0 Å². The van der Waals surface area contributed by atoms with E-state index in [0.717, 1.165) is 6.20 Å². The second-order valence-electron chi connectivity index (χ2n) is 5.48. The van der Waals surface area contributed by atoms with Crippen LogP contribution in [0.2, 0.25) is 0 Å². The molecule has 0 amide bonds. The maximum Gasteiger partial charge on any atom is 0.251 e. The third-order valence-corrected chi connectivity index (χ3v) is 3.74. The quantitative estimate of drug-likeness (QED) is 0.507. The maximum absolute atomic E-state index is 12.2. The summed E-state index contributed by atoms with van der Waals surface area (Å²) in [6.45, 7) is 0. The molecule has 0 unspecified atom stereocenters. The fourth-order valence-electron chi connectivity index (χ4n) is 2.35. The van der Waals surface area contributed by atoms with Gasteiger partial charge >= 0.3 is 0 Å². The maximum atomic E-state index is 12.2. The van der Waals surface area contributed by atoms with Gasteiger partial charge in [0.05, 0.1) is 0 Å². The number of benzene rings is 2. The van der Waals surface area contributed by atoms with Crippen LogP contribution in [-0.2, 0) is 0 Å². The van der Waals surface area contributed by atoms with Crippen molar-refractivity contribution in [2.24, 2.45) is 0 Å². The van der Waals surface area contributed by atoms with Gasteiger partial charge in [-0.15, -0.1) is 0 Å². The fraction of sp³-hybridized carbons (Fsp3) is 0. The zero-order chi connectivity index (χ0) is 18.5. The molecule has 0 fully saturated rings. The normalized spacial score (nSPS) is 10.2. The molecule has 1 aromatic heterocycles. The molecule has 2 aromatic carbocycles. The van der Waals surface area contributed by atoms with Gasteiger partial charge in [0.25, 0.3) is 5.78 Å². The molecule has 0 aliphatic carbocycles. The van der Waals surface area contributed by atoms with Crippen molar-refractivity contribution in [3.05, 3.63) is 101 Å². The molecule has 5 heteroatoms. The molecule has 0 saturated carbocycles. The van der Waals surface area contributed by atoms with Crippen molar-refractivity contribution in [3.8, 4) is 0 Å². The van der Waals surface area contributed by atoms with Crippen LogP contribution in [-0.4, -0.2) is 28.1 Å². The van der Waals surface area contributed by atoms with E-state index in [4.69, 9.17) is 0 Å². The van der Waals surface area contributed by atoms with E-state index in [1.807, 2.05) is 0 Å². The zero-order valence-corrected chi connectivity index (χ0v) is 13.6. The third kappa shape index (κ3) is 3.52. The Morgan fingerprint density at radius 3 is 1.42 bits per heavy atom. The Kier molecular flexibility index (Phi) is 4.90. The molecule has 126 valence electrons. The third-order valence-electron chi connectivity index (χ3n) is 3.74. The molecule has 0 radical (unpaired) electrons. The number of hydrogen-bond donors (Lipinski definition) is 0. The average molecular weight is 343 g/mol. The number of rotatable bonds is 6. The smallest absolute Gasteiger partial charge is 0.251 e. The molecule has 0 atom stereocenters. The lowest BCUT2D eigenvalue weighted by Gasteiger charge is -2.03. The Bertz CT molecular complexity index is 895. The minimum Gasteiger partial charge on any atom is -0.285 e. The first-order valence-electron chi connectivity index (χ1n) is 7.82. The Morgan fingerprint density at radius 2 is 0.962 bits per heavy atom. The van der Waals surface area contributed by atoms with E-state index in [9.17, 15) is 19.2 Å². The molecule has 0 N–H and O–H groups in total. The topological polar surface area (TPSA) is 81.2 Å². The number of nitrogens with zero attached hydrogens (tertiary/aromatic N) is 1. The van der Waals surface area contributed by atoms with Gasteiger partial charge in [0.15, 0.2) is 0 Å². The summed E-state index contributed by atoms with van der Waals surface area (Å²) in [5, 5.41) is 0. The van der Waals surface area contributed by atoms with E-state index >= 15 is 0 Å². The van der Waals surface area contributed by atoms with Crippen LogP contribution in [0.15, 0.2) is 79.0 Å². The van der Waals surface area contributed by atoms with E-state index in [1.165, 1.54) is 24.3 Å². The summed E-state index contributed by atoms with van der Waals surface area (Å²) in [5.41, 5.74) is 0.515. The molecule has 0 aliphatic rings. The summed E-state index contributed by atoms with van der Waals surface area (Å²) < 4.78 is 0. The Morgan fingerprint density at radius 1 is 0.500 bits per heavy atom. The lowest BCUT2D eigenvalue weighted by Crippen LogP contribution is -2.18. The van der Waals surface area contributed by atoms with Crippen molar-refractivity contribution in [3.63, 3.8) is 0 Å². The van der Waals surface area contributed by atoms with Crippen LogP contribution in [0, 0.1) is 0 Å². The molecule has 3 aromatic rings. The SMILES string of the molecule is O=C(C(=O)c1ccc(C(=O)C(=O)c2ccccc2)nc1)c1ccccc1. The van der Waals surface area contributed by atoms with Crippen LogP contribution >= 0.6 is 0 Å². The minimum atomic E-state index is -0.774. The fourth-order valence-corrected chi connectivity index (χ4v) is 2.35. The summed E-state index contributed by atoms with van der Waals surface area (Å²) in [6, 6.07) is 18.9. The summed E-state index contributed by atoms with van der Waals surface area (Å²) in [6.07, 6.45) is 1.13. The highest BCUT2D eigenvalue weighted by atomic mass is 16.2. The van der Waals surface area contributed by atoms with E-state index in [-0.39, 0.29) is 22.4 Å². The first kappa shape index (κ1) is 17.1. The van der Waals surface area contributed by atoms with E-state index in [2.05, 4.69) is 4.98 Å². The van der Waals surface area contributed by atoms with Gasteiger partial charge in [-0.1, -0.05) is 60.7 Å². The summed E-state index contributed by atoms with van der Waals surface area (Å²) >= 11 is 0. The molecule has 0 aliphatic heterocycles. The number of carbonyl (C=O) groups excluding carboxylic acids is 4. The van der Waals surface area contributed by atoms with Crippen LogP contribution in [0.25, 0.3) is 0 Å². The molecule has 26 heavy (non-hydrogen) atoms. The van der Waals surface area contributed by atoms with Crippen molar-refractivity contribution in [2.45, 2.75) is 0 Å². The predicted octanol–water partition coefficient (Wildman–Crippen LogP) is 3.21. The number of Topliss-reactive ketones (excluding diaryl/α,β-unsaturated/α-hetero) is 4. The van der Waals surface area contributed by atoms with Gasteiger partial charge in [-0.25, -0.2) is 0 Å².